The van der Waals surface area contributed by atoms with E-state index in [0.29, 0.717) is 10.1 Å². The summed E-state index contributed by atoms with van der Waals surface area (Å²) in [4.78, 5) is 0. The molecule has 0 bridgehead atoms. The zero-order chi connectivity index (χ0) is 15.9. The summed E-state index contributed by atoms with van der Waals surface area (Å²) in [6.07, 6.45) is 1.95. The Morgan fingerprint density at radius 2 is 1.11 bits per heavy atom. The van der Waals surface area contributed by atoms with Crippen LogP contribution < -0.4 is 0 Å². The van der Waals surface area contributed by atoms with Gasteiger partial charge in [0.25, 0.3) is 0 Å². The summed E-state index contributed by atoms with van der Waals surface area (Å²) >= 11 is 0. The van der Waals surface area contributed by atoms with Crippen LogP contribution in [0.25, 0.3) is 0 Å². The second-order valence-corrected chi connectivity index (χ2v) is 19.2. The Balaban J connectivity index is 6.02. The van der Waals surface area contributed by atoms with E-state index in [1.807, 2.05) is 6.08 Å². The zero-order valence-corrected chi connectivity index (χ0v) is 16.9. The minimum atomic E-state index is -1.64. The van der Waals surface area contributed by atoms with Gasteiger partial charge < -0.3 is 4.23 Å². The van der Waals surface area contributed by atoms with Crippen molar-refractivity contribution < 1.29 is 0 Å². The van der Waals surface area contributed by atoms with E-state index in [4.69, 9.17) is 0 Å². The highest BCUT2D eigenvalue weighted by atomic mass is 28.4. The third-order valence-electron chi connectivity index (χ3n) is 5.31. The molecule has 0 heterocycles. The SMILES string of the molecule is C=CC(=C)N([Si](C)(C)C(C)(C)C)[Si](C)(C)C(C)(C)C. The smallest absolute Gasteiger partial charge is 0.147 e. The van der Waals surface area contributed by atoms with Gasteiger partial charge in [0, 0.05) is 5.70 Å². The maximum atomic E-state index is 4.31. The van der Waals surface area contributed by atoms with Crippen LogP contribution in [0.2, 0.25) is 36.3 Å². The molecule has 0 atom stereocenters. The molecule has 0 unspecified atom stereocenters. The van der Waals surface area contributed by atoms with E-state index in [0.717, 1.165) is 5.70 Å². The summed E-state index contributed by atoms with van der Waals surface area (Å²) in [5, 5.41) is 0.628. The molecule has 0 fully saturated rings. The Morgan fingerprint density at radius 1 is 0.842 bits per heavy atom. The van der Waals surface area contributed by atoms with E-state index in [-0.39, 0.29) is 0 Å². The fourth-order valence-electron chi connectivity index (χ4n) is 2.18. The van der Waals surface area contributed by atoms with Crippen molar-refractivity contribution in [1.82, 2.24) is 4.23 Å². The number of allylic oxidation sites excluding steroid dienone is 1. The normalized spacial score (nSPS) is 14.2. The van der Waals surface area contributed by atoms with Gasteiger partial charge in [-0.2, -0.15) is 0 Å². The topological polar surface area (TPSA) is 3.24 Å². The Kier molecular flexibility index (Phi) is 5.17. The molecule has 0 aliphatic carbocycles. The van der Waals surface area contributed by atoms with Gasteiger partial charge in [-0.15, -0.1) is 0 Å². The standard InChI is InChI=1S/C16H35NSi2/c1-13-14(2)17(18(9,10)15(3,4)5)19(11,12)16(6,7)8/h13H,1-2H2,3-12H3. The molecule has 0 saturated carbocycles. The maximum Gasteiger partial charge on any atom is 0.147 e. The second-order valence-electron chi connectivity index (χ2n) is 8.65. The molecule has 0 saturated heterocycles. The summed E-state index contributed by atoms with van der Waals surface area (Å²) in [6, 6.07) is 0. The fourth-order valence-corrected chi connectivity index (χ4v) is 12.7. The summed E-state index contributed by atoms with van der Waals surface area (Å²) in [6.45, 7) is 32.4. The third kappa shape index (κ3) is 3.43. The average molecular weight is 298 g/mol. The molecule has 0 aromatic carbocycles. The molecule has 0 aromatic rings. The van der Waals surface area contributed by atoms with E-state index >= 15 is 0 Å². The van der Waals surface area contributed by atoms with Gasteiger partial charge in [0.1, 0.15) is 16.5 Å². The van der Waals surface area contributed by atoms with Crippen LogP contribution in [0.1, 0.15) is 41.5 Å². The third-order valence-corrected chi connectivity index (χ3v) is 18.8. The van der Waals surface area contributed by atoms with Crippen LogP contribution in [-0.4, -0.2) is 20.7 Å². The molecule has 112 valence electrons. The molecular formula is C16H35NSi2. The first kappa shape index (κ1) is 18.7. The van der Waals surface area contributed by atoms with Gasteiger partial charge >= 0.3 is 0 Å². The van der Waals surface area contributed by atoms with E-state index in [2.05, 4.69) is 85.1 Å². The van der Waals surface area contributed by atoms with Gasteiger partial charge in [-0.05, 0) is 16.2 Å². The first-order valence-electron chi connectivity index (χ1n) is 7.22. The van der Waals surface area contributed by atoms with Crippen LogP contribution in [0.5, 0.6) is 0 Å². The van der Waals surface area contributed by atoms with Crippen molar-refractivity contribution in [1.29, 1.82) is 0 Å². The Bertz CT molecular complexity index is 328. The summed E-state index contributed by atoms with van der Waals surface area (Å²) < 4.78 is 2.73. The predicted molar refractivity (Wildman–Crippen MR) is 95.6 cm³/mol. The van der Waals surface area contributed by atoms with Gasteiger partial charge in [0.2, 0.25) is 0 Å². The van der Waals surface area contributed by atoms with Gasteiger partial charge in [-0.3, -0.25) is 0 Å². The molecule has 0 N–H and O–H groups in total. The van der Waals surface area contributed by atoms with E-state index < -0.39 is 16.5 Å². The first-order chi connectivity index (χ1) is 8.10. The molecule has 0 aliphatic heterocycles. The van der Waals surface area contributed by atoms with Crippen LogP contribution in [0.3, 0.4) is 0 Å². The summed E-state index contributed by atoms with van der Waals surface area (Å²) in [5.41, 5.74) is 1.12. The monoisotopic (exact) mass is 297 g/mol. The van der Waals surface area contributed by atoms with Crippen LogP contribution in [0, 0.1) is 0 Å². The molecule has 19 heavy (non-hydrogen) atoms. The first-order valence-corrected chi connectivity index (χ1v) is 13.1. The van der Waals surface area contributed by atoms with Crippen molar-refractivity contribution in [2.45, 2.75) is 77.8 Å². The van der Waals surface area contributed by atoms with E-state index in [9.17, 15) is 0 Å². The summed E-state index contributed by atoms with van der Waals surface area (Å²) in [5.74, 6) is 0. The molecule has 0 aliphatic rings. The lowest BCUT2D eigenvalue weighted by atomic mass is 10.2. The molecule has 0 radical (unpaired) electrons. The van der Waals surface area contributed by atoms with Gasteiger partial charge in [0.05, 0.1) is 0 Å². The van der Waals surface area contributed by atoms with Gasteiger partial charge in [-0.25, -0.2) is 0 Å². The fraction of sp³-hybridized carbons (Fsp3) is 0.750. The lowest BCUT2D eigenvalue weighted by Gasteiger charge is -2.58. The van der Waals surface area contributed by atoms with Crippen LogP contribution in [0.4, 0.5) is 0 Å². The van der Waals surface area contributed by atoms with Crippen molar-refractivity contribution in [2.24, 2.45) is 0 Å². The highest BCUT2D eigenvalue weighted by molar-refractivity contribution is 6.93. The van der Waals surface area contributed by atoms with E-state index in [1.165, 1.54) is 0 Å². The number of hydrogen-bond donors (Lipinski definition) is 0. The van der Waals surface area contributed by atoms with Crippen LogP contribution in [-0.2, 0) is 0 Å². The Morgan fingerprint density at radius 3 is 1.26 bits per heavy atom. The highest BCUT2D eigenvalue weighted by Gasteiger charge is 2.51. The predicted octanol–water partition coefficient (Wildman–Crippen LogP) is 6.00. The highest BCUT2D eigenvalue weighted by Crippen LogP contribution is 2.48. The minimum Gasteiger partial charge on any atom is -0.424 e. The molecule has 0 aromatic heterocycles. The second kappa shape index (κ2) is 5.25. The summed E-state index contributed by atoms with van der Waals surface area (Å²) in [7, 11) is -3.28. The van der Waals surface area contributed by atoms with Crippen LogP contribution >= 0.6 is 0 Å². The van der Waals surface area contributed by atoms with Crippen molar-refractivity contribution in [2.75, 3.05) is 0 Å². The van der Waals surface area contributed by atoms with Crippen molar-refractivity contribution in [3.63, 3.8) is 0 Å². The van der Waals surface area contributed by atoms with Gasteiger partial charge in [0.15, 0.2) is 0 Å². The largest absolute Gasteiger partial charge is 0.424 e. The Labute approximate surface area is 124 Å². The molecule has 1 nitrogen and oxygen atoms in total. The van der Waals surface area contributed by atoms with E-state index in [1.54, 1.807) is 0 Å². The number of nitrogens with zero attached hydrogens (tertiary/aromatic N) is 1. The molecule has 0 spiro atoms. The number of rotatable bonds is 4. The minimum absolute atomic E-state index is 0.314. The Hall–Kier alpha value is -0.286. The lowest BCUT2D eigenvalue weighted by molar-refractivity contribution is 0.585. The van der Waals surface area contributed by atoms with Crippen molar-refractivity contribution in [3.05, 3.63) is 24.9 Å². The molecule has 0 amide bonds. The van der Waals surface area contributed by atoms with Crippen molar-refractivity contribution in [3.8, 4) is 0 Å². The van der Waals surface area contributed by atoms with Crippen molar-refractivity contribution >= 4 is 16.5 Å². The zero-order valence-electron chi connectivity index (χ0n) is 14.9. The maximum absolute atomic E-state index is 4.31. The number of hydrogen-bond acceptors (Lipinski definition) is 1. The van der Waals surface area contributed by atoms with Gasteiger partial charge in [-0.1, -0.05) is 80.9 Å². The van der Waals surface area contributed by atoms with Crippen LogP contribution in [0.15, 0.2) is 24.9 Å². The quantitative estimate of drug-likeness (QED) is 0.454. The molecule has 0 rings (SSSR count). The molecule has 3 heteroatoms. The lowest BCUT2D eigenvalue weighted by Crippen LogP contribution is -2.67. The molecular weight excluding hydrogens is 262 g/mol. The average Bonchev–Trinajstić information content (AvgIpc) is 2.12.